The Kier molecular flexibility index (Phi) is 4.64. The van der Waals surface area contributed by atoms with Gasteiger partial charge >= 0.3 is 0 Å². The Morgan fingerprint density at radius 3 is 2.88 bits per heavy atom. The molecule has 88 valence electrons. The van der Waals surface area contributed by atoms with Crippen LogP contribution in [0.25, 0.3) is 0 Å². The summed E-state index contributed by atoms with van der Waals surface area (Å²) in [5.74, 6) is 0.714. The highest BCUT2D eigenvalue weighted by Gasteiger charge is 2.22. The number of likely N-dealkylation sites (tertiary alicyclic amines) is 1. The average Bonchev–Trinajstić information content (AvgIpc) is 2.76. The van der Waals surface area contributed by atoms with Gasteiger partial charge in [-0.15, -0.1) is 11.6 Å². The summed E-state index contributed by atoms with van der Waals surface area (Å²) in [5, 5.41) is 0. The molecule has 1 heterocycles. The molecule has 0 N–H and O–H groups in total. The van der Waals surface area contributed by atoms with E-state index in [1.807, 2.05) is 18.2 Å². The molecule has 3 heteroatoms. The van der Waals surface area contributed by atoms with Crippen molar-refractivity contribution in [1.82, 2.24) is 4.90 Å². The first kappa shape index (κ1) is 11.9. The van der Waals surface area contributed by atoms with Gasteiger partial charge in [0.2, 0.25) is 0 Å². The van der Waals surface area contributed by atoms with Crippen molar-refractivity contribution in [3.63, 3.8) is 0 Å². The fourth-order valence-corrected chi connectivity index (χ4v) is 2.28. The van der Waals surface area contributed by atoms with Crippen LogP contribution in [0.2, 0.25) is 0 Å². The van der Waals surface area contributed by atoms with Crippen molar-refractivity contribution in [3.8, 4) is 0 Å². The lowest BCUT2D eigenvalue weighted by atomic mass is 10.2. The van der Waals surface area contributed by atoms with Crippen molar-refractivity contribution in [3.05, 3.63) is 35.9 Å². The van der Waals surface area contributed by atoms with E-state index in [0.717, 1.165) is 32.7 Å². The van der Waals surface area contributed by atoms with Gasteiger partial charge in [0.25, 0.3) is 0 Å². The minimum absolute atomic E-state index is 0.378. The molecular formula is C13H18ClNO. The van der Waals surface area contributed by atoms with E-state index in [1.54, 1.807) is 0 Å². The highest BCUT2D eigenvalue weighted by atomic mass is 35.5. The molecule has 0 amide bonds. The van der Waals surface area contributed by atoms with Gasteiger partial charge in [-0.05, 0) is 12.0 Å². The Bertz CT molecular complexity index is 304. The molecule has 1 fully saturated rings. The number of benzene rings is 1. The van der Waals surface area contributed by atoms with Gasteiger partial charge < -0.3 is 4.74 Å². The van der Waals surface area contributed by atoms with Crippen LogP contribution in [0.4, 0.5) is 0 Å². The second-order valence-corrected chi connectivity index (χ2v) is 4.57. The molecule has 1 aliphatic heterocycles. The molecule has 1 aromatic carbocycles. The number of nitrogens with zero attached hydrogens (tertiary/aromatic N) is 1. The minimum atomic E-state index is 0.378. The van der Waals surface area contributed by atoms with Crippen LogP contribution in [0, 0.1) is 0 Å². The van der Waals surface area contributed by atoms with Crippen LogP contribution in [0.1, 0.15) is 12.0 Å². The van der Waals surface area contributed by atoms with Gasteiger partial charge in [-0.3, -0.25) is 4.90 Å². The number of alkyl halides is 1. The van der Waals surface area contributed by atoms with Crippen LogP contribution >= 0.6 is 11.6 Å². The molecule has 0 spiro atoms. The largest absolute Gasteiger partial charge is 0.372 e. The summed E-state index contributed by atoms with van der Waals surface area (Å²) >= 11 is 5.72. The number of hydrogen-bond acceptors (Lipinski definition) is 2. The lowest BCUT2D eigenvalue weighted by Crippen LogP contribution is -2.25. The lowest BCUT2D eigenvalue weighted by molar-refractivity contribution is 0.0471. The monoisotopic (exact) mass is 239 g/mol. The summed E-state index contributed by atoms with van der Waals surface area (Å²) in [6, 6.07) is 10.3. The van der Waals surface area contributed by atoms with Crippen molar-refractivity contribution in [2.75, 3.05) is 25.5 Å². The average molecular weight is 240 g/mol. The highest BCUT2D eigenvalue weighted by Crippen LogP contribution is 2.14. The molecule has 2 rings (SSSR count). The van der Waals surface area contributed by atoms with Crippen molar-refractivity contribution in [1.29, 1.82) is 0 Å². The van der Waals surface area contributed by atoms with Crippen LogP contribution in [-0.4, -0.2) is 36.5 Å². The first-order valence-corrected chi connectivity index (χ1v) is 6.36. The van der Waals surface area contributed by atoms with E-state index >= 15 is 0 Å². The fraction of sp³-hybridized carbons (Fsp3) is 0.538. The molecule has 1 aromatic rings. The molecule has 0 saturated carbocycles. The molecule has 2 nitrogen and oxygen atoms in total. The predicted octanol–water partition coefficient (Wildman–Crippen LogP) is 2.52. The van der Waals surface area contributed by atoms with Gasteiger partial charge in [-0.1, -0.05) is 30.3 Å². The fourth-order valence-electron chi connectivity index (χ4n) is 2.04. The van der Waals surface area contributed by atoms with Crippen molar-refractivity contribution < 1.29 is 4.74 Å². The lowest BCUT2D eigenvalue weighted by Gasteiger charge is -2.14. The number of ether oxygens (including phenoxy) is 1. The standard InChI is InChI=1S/C13H18ClNO/c14-7-9-15-8-6-13(10-15)16-11-12-4-2-1-3-5-12/h1-5,13H,6-11H2. The third kappa shape index (κ3) is 3.48. The predicted molar refractivity (Wildman–Crippen MR) is 66.8 cm³/mol. The Labute approximate surface area is 102 Å². The molecule has 0 aromatic heterocycles. The van der Waals surface area contributed by atoms with Crippen molar-refractivity contribution >= 4 is 11.6 Å². The van der Waals surface area contributed by atoms with Gasteiger partial charge in [-0.25, -0.2) is 0 Å². The Morgan fingerprint density at radius 2 is 2.12 bits per heavy atom. The molecule has 0 aliphatic carbocycles. The van der Waals surface area contributed by atoms with Gasteiger partial charge in [0.05, 0.1) is 12.7 Å². The summed E-state index contributed by atoms with van der Waals surface area (Å²) in [4.78, 5) is 2.36. The summed E-state index contributed by atoms with van der Waals surface area (Å²) in [5.41, 5.74) is 1.25. The van der Waals surface area contributed by atoms with Crippen LogP contribution < -0.4 is 0 Å². The first-order valence-electron chi connectivity index (χ1n) is 5.82. The van der Waals surface area contributed by atoms with Crippen LogP contribution in [0.15, 0.2) is 30.3 Å². The summed E-state index contributed by atoms with van der Waals surface area (Å²) in [6.45, 7) is 3.85. The molecule has 16 heavy (non-hydrogen) atoms. The normalized spacial score (nSPS) is 21.4. The van der Waals surface area contributed by atoms with E-state index in [0.29, 0.717) is 12.0 Å². The molecular weight excluding hydrogens is 222 g/mol. The van der Waals surface area contributed by atoms with Gasteiger partial charge in [-0.2, -0.15) is 0 Å². The Morgan fingerprint density at radius 1 is 1.31 bits per heavy atom. The molecule has 0 radical (unpaired) electrons. The number of rotatable bonds is 5. The molecule has 1 unspecified atom stereocenters. The summed E-state index contributed by atoms with van der Waals surface area (Å²) < 4.78 is 5.88. The zero-order valence-electron chi connectivity index (χ0n) is 9.44. The Balaban J connectivity index is 1.72. The van der Waals surface area contributed by atoms with E-state index in [1.165, 1.54) is 5.56 Å². The quantitative estimate of drug-likeness (QED) is 0.733. The third-order valence-electron chi connectivity index (χ3n) is 2.96. The second kappa shape index (κ2) is 6.24. The van der Waals surface area contributed by atoms with Gasteiger partial charge in [0.1, 0.15) is 0 Å². The highest BCUT2D eigenvalue weighted by molar-refractivity contribution is 6.18. The number of halogens is 1. The molecule has 1 atom stereocenters. The van der Waals surface area contributed by atoms with Gasteiger partial charge in [0, 0.05) is 25.5 Å². The van der Waals surface area contributed by atoms with Crippen LogP contribution in [-0.2, 0) is 11.3 Å². The maximum absolute atomic E-state index is 5.88. The van der Waals surface area contributed by atoms with Crippen LogP contribution in [0.3, 0.4) is 0 Å². The first-order chi connectivity index (χ1) is 7.88. The maximum atomic E-state index is 5.88. The minimum Gasteiger partial charge on any atom is -0.372 e. The zero-order valence-corrected chi connectivity index (χ0v) is 10.2. The zero-order chi connectivity index (χ0) is 11.2. The van der Waals surface area contributed by atoms with E-state index in [-0.39, 0.29) is 0 Å². The smallest absolute Gasteiger partial charge is 0.0721 e. The van der Waals surface area contributed by atoms with Crippen LogP contribution in [0.5, 0.6) is 0 Å². The molecule has 1 saturated heterocycles. The number of hydrogen-bond donors (Lipinski definition) is 0. The van der Waals surface area contributed by atoms with Crippen molar-refractivity contribution in [2.45, 2.75) is 19.1 Å². The molecule has 0 bridgehead atoms. The van der Waals surface area contributed by atoms with E-state index in [2.05, 4.69) is 17.0 Å². The molecule has 1 aliphatic rings. The second-order valence-electron chi connectivity index (χ2n) is 4.20. The van der Waals surface area contributed by atoms with E-state index in [9.17, 15) is 0 Å². The maximum Gasteiger partial charge on any atom is 0.0721 e. The van der Waals surface area contributed by atoms with Gasteiger partial charge in [0.15, 0.2) is 0 Å². The van der Waals surface area contributed by atoms with Crippen molar-refractivity contribution in [2.24, 2.45) is 0 Å². The SMILES string of the molecule is ClCCN1CCC(OCc2ccccc2)C1. The van der Waals surface area contributed by atoms with E-state index < -0.39 is 0 Å². The Hall–Kier alpha value is -0.570. The summed E-state index contributed by atoms with van der Waals surface area (Å²) in [6.07, 6.45) is 1.51. The van der Waals surface area contributed by atoms with E-state index in [4.69, 9.17) is 16.3 Å². The third-order valence-corrected chi connectivity index (χ3v) is 3.13. The topological polar surface area (TPSA) is 12.5 Å². The summed E-state index contributed by atoms with van der Waals surface area (Å²) in [7, 11) is 0.